The van der Waals surface area contributed by atoms with E-state index in [4.69, 9.17) is 9.47 Å². The molecule has 2 heterocycles. The topological polar surface area (TPSA) is 71.9 Å². The van der Waals surface area contributed by atoms with Gasteiger partial charge in [0.05, 0.1) is 19.0 Å². The molecule has 1 aromatic heterocycles. The number of carboxylic acids is 1. The Morgan fingerprint density at radius 2 is 1.82 bits per heavy atom. The highest BCUT2D eigenvalue weighted by Gasteiger charge is 2.37. The summed E-state index contributed by atoms with van der Waals surface area (Å²) < 4.78 is 66.4. The number of carbonyl (C=O) groups is 1. The van der Waals surface area contributed by atoms with Crippen molar-refractivity contribution in [2.24, 2.45) is 5.41 Å². The number of halogens is 4. The van der Waals surface area contributed by atoms with Gasteiger partial charge in [-0.3, -0.25) is 14.7 Å². The van der Waals surface area contributed by atoms with Gasteiger partial charge in [-0.05, 0) is 80.4 Å². The Balaban J connectivity index is 1.38. The van der Waals surface area contributed by atoms with Crippen molar-refractivity contribution < 1.29 is 36.9 Å². The van der Waals surface area contributed by atoms with Gasteiger partial charge in [-0.1, -0.05) is 0 Å². The van der Waals surface area contributed by atoms with Crippen LogP contribution in [0.15, 0.2) is 36.5 Å². The molecular weight excluding hydrogens is 516 g/mol. The fourth-order valence-electron chi connectivity index (χ4n) is 5.41. The van der Waals surface area contributed by atoms with Gasteiger partial charge in [-0.25, -0.2) is 17.6 Å². The van der Waals surface area contributed by atoms with Gasteiger partial charge in [-0.2, -0.15) is 0 Å². The molecule has 210 valence electrons. The first-order valence-electron chi connectivity index (χ1n) is 12.9. The van der Waals surface area contributed by atoms with Crippen LogP contribution >= 0.6 is 0 Å². The van der Waals surface area contributed by atoms with Gasteiger partial charge in [-0.15, -0.1) is 0 Å². The number of hydrogen-bond donors (Lipinski definition) is 1. The number of nitrogens with zero attached hydrogens (tertiary/aromatic N) is 2. The molecule has 0 bridgehead atoms. The maximum atomic E-state index is 15.8. The van der Waals surface area contributed by atoms with E-state index in [1.54, 1.807) is 31.5 Å². The van der Waals surface area contributed by atoms with Gasteiger partial charge in [0.15, 0.2) is 17.5 Å². The predicted molar refractivity (Wildman–Crippen MR) is 138 cm³/mol. The minimum atomic E-state index is -1.55. The van der Waals surface area contributed by atoms with Crippen molar-refractivity contribution in [1.29, 1.82) is 0 Å². The SMILES string of the molecule is COc1ccc2ncc(C)c([C@H](F)CCC3(CC(=O)O)CCN(CCOc4cc(F)c(F)c(F)c4)CC3)c2c1. The Morgan fingerprint density at radius 1 is 1.13 bits per heavy atom. The second kappa shape index (κ2) is 12.2. The average Bonchev–Trinajstić information content (AvgIpc) is 2.90. The van der Waals surface area contributed by atoms with Crippen molar-refractivity contribution in [3.63, 3.8) is 0 Å². The molecule has 1 saturated heterocycles. The summed E-state index contributed by atoms with van der Waals surface area (Å²) in [6.07, 6.45) is 2.02. The third-order valence-electron chi connectivity index (χ3n) is 7.63. The molecule has 6 nitrogen and oxygen atoms in total. The van der Waals surface area contributed by atoms with Crippen molar-refractivity contribution in [2.75, 3.05) is 33.4 Å². The number of aryl methyl sites for hydroxylation is 1. The Labute approximate surface area is 224 Å². The largest absolute Gasteiger partial charge is 0.497 e. The number of aliphatic carboxylic acids is 1. The number of carboxylic acid groups (broad SMARTS) is 1. The second-order valence-electron chi connectivity index (χ2n) is 10.2. The summed E-state index contributed by atoms with van der Waals surface area (Å²) in [5.74, 6) is -4.59. The molecule has 1 N–H and O–H groups in total. The van der Waals surface area contributed by atoms with E-state index in [0.717, 1.165) is 17.7 Å². The quantitative estimate of drug-likeness (QED) is 0.221. The van der Waals surface area contributed by atoms with Crippen LogP contribution in [0.4, 0.5) is 17.6 Å². The van der Waals surface area contributed by atoms with Crippen LogP contribution in [0.5, 0.6) is 11.5 Å². The molecule has 1 fully saturated rings. The molecule has 0 saturated carbocycles. The Kier molecular flexibility index (Phi) is 8.94. The molecule has 1 aliphatic heterocycles. The maximum absolute atomic E-state index is 15.8. The number of alkyl halides is 1. The molecule has 3 aromatic rings. The predicted octanol–water partition coefficient (Wildman–Crippen LogP) is 6.40. The number of aromatic nitrogens is 1. The average molecular weight is 549 g/mol. The Morgan fingerprint density at radius 3 is 2.46 bits per heavy atom. The van der Waals surface area contributed by atoms with Crippen LogP contribution in [0.25, 0.3) is 10.9 Å². The molecule has 0 amide bonds. The van der Waals surface area contributed by atoms with Crippen molar-refractivity contribution in [3.05, 3.63) is 65.1 Å². The summed E-state index contributed by atoms with van der Waals surface area (Å²) in [5.41, 5.74) is 1.39. The lowest BCUT2D eigenvalue weighted by atomic mass is 9.71. The third kappa shape index (κ3) is 6.79. The maximum Gasteiger partial charge on any atom is 0.303 e. The second-order valence-corrected chi connectivity index (χ2v) is 10.2. The summed E-state index contributed by atoms with van der Waals surface area (Å²) in [4.78, 5) is 18.2. The molecule has 10 heteroatoms. The lowest BCUT2D eigenvalue weighted by Gasteiger charge is -2.41. The van der Waals surface area contributed by atoms with Crippen molar-refractivity contribution in [3.8, 4) is 11.5 Å². The zero-order valence-electron chi connectivity index (χ0n) is 22.0. The first-order valence-corrected chi connectivity index (χ1v) is 12.9. The summed E-state index contributed by atoms with van der Waals surface area (Å²) in [6.45, 7) is 3.54. The van der Waals surface area contributed by atoms with Crippen molar-refractivity contribution in [2.45, 2.75) is 45.2 Å². The highest BCUT2D eigenvalue weighted by molar-refractivity contribution is 5.85. The molecule has 0 radical (unpaired) electrons. The molecule has 0 aliphatic carbocycles. The van der Waals surface area contributed by atoms with Gasteiger partial charge in [0.2, 0.25) is 0 Å². The van der Waals surface area contributed by atoms with Crippen LogP contribution in [0.2, 0.25) is 0 Å². The van der Waals surface area contributed by atoms with E-state index in [2.05, 4.69) is 9.88 Å². The van der Waals surface area contributed by atoms with E-state index < -0.39 is 35.0 Å². The lowest BCUT2D eigenvalue weighted by Crippen LogP contribution is -2.42. The molecule has 4 rings (SSSR count). The molecule has 1 aliphatic rings. The minimum Gasteiger partial charge on any atom is -0.497 e. The first-order chi connectivity index (χ1) is 18.6. The van der Waals surface area contributed by atoms with Crippen LogP contribution in [0.3, 0.4) is 0 Å². The van der Waals surface area contributed by atoms with Gasteiger partial charge >= 0.3 is 5.97 Å². The molecular formula is C29H32F4N2O4. The standard InChI is InChI=1S/C29H32F4N2O4/c1-18-17-34-25-4-3-19(38-2)13-21(25)27(18)22(30)5-6-29(16-26(36)37)7-9-35(10-8-29)11-12-39-20-14-23(31)28(33)24(32)15-20/h3-4,13-15,17,22H,5-12,16H2,1-2H3,(H,36,37)/t22-/m1/s1. The first kappa shape index (κ1) is 28.6. The van der Waals surface area contributed by atoms with Crippen LogP contribution in [-0.2, 0) is 4.79 Å². The van der Waals surface area contributed by atoms with Crippen LogP contribution in [-0.4, -0.2) is 54.3 Å². The number of fused-ring (bicyclic) bond motifs is 1. The van der Waals surface area contributed by atoms with Crippen LogP contribution in [0.1, 0.15) is 49.4 Å². The monoisotopic (exact) mass is 548 g/mol. The van der Waals surface area contributed by atoms with E-state index in [1.807, 2.05) is 6.92 Å². The summed E-state index contributed by atoms with van der Waals surface area (Å²) in [7, 11) is 1.55. The minimum absolute atomic E-state index is 0.0535. The lowest BCUT2D eigenvalue weighted by molar-refractivity contribution is -0.141. The van der Waals surface area contributed by atoms with Crippen LogP contribution < -0.4 is 9.47 Å². The zero-order valence-corrected chi connectivity index (χ0v) is 22.0. The Hall–Kier alpha value is -3.40. The summed E-state index contributed by atoms with van der Waals surface area (Å²) >= 11 is 0. The van der Waals surface area contributed by atoms with Gasteiger partial charge in [0.25, 0.3) is 0 Å². The Bertz CT molecular complexity index is 1310. The van der Waals surface area contributed by atoms with E-state index in [-0.39, 0.29) is 25.2 Å². The summed E-state index contributed by atoms with van der Waals surface area (Å²) in [6, 6.07) is 6.93. The molecule has 39 heavy (non-hydrogen) atoms. The normalized spacial score (nSPS) is 16.3. The molecule has 2 aromatic carbocycles. The number of pyridine rings is 1. The van der Waals surface area contributed by atoms with Gasteiger partial charge < -0.3 is 14.6 Å². The van der Waals surface area contributed by atoms with E-state index in [9.17, 15) is 23.1 Å². The number of ether oxygens (including phenoxy) is 2. The number of hydrogen-bond acceptors (Lipinski definition) is 5. The highest BCUT2D eigenvalue weighted by atomic mass is 19.2. The number of likely N-dealkylation sites (tertiary alicyclic amines) is 1. The smallest absolute Gasteiger partial charge is 0.303 e. The van der Waals surface area contributed by atoms with Gasteiger partial charge in [0, 0.05) is 30.3 Å². The molecule has 1 atom stereocenters. The van der Waals surface area contributed by atoms with E-state index in [1.165, 1.54) is 0 Å². The molecule has 0 unspecified atom stereocenters. The third-order valence-corrected chi connectivity index (χ3v) is 7.63. The number of benzene rings is 2. The summed E-state index contributed by atoms with van der Waals surface area (Å²) in [5, 5.41) is 10.3. The van der Waals surface area contributed by atoms with E-state index in [0.29, 0.717) is 61.1 Å². The number of rotatable bonds is 11. The number of methoxy groups -OCH3 is 1. The van der Waals surface area contributed by atoms with Crippen molar-refractivity contribution >= 4 is 16.9 Å². The fourth-order valence-corrected chi connectivity index (χ4v) is 5.41. The molecule has 0 spiro atoms. The number of piperidine rings is 1. The van der Waals surface area contributed by atoms with E-state index >= 15 is 4.39 Å². The van der Waals surface area contributed by atoms with Gasteiger partial charge in [0.1, 0.15) is 24.3 Å². The zero-order chi connectivity index (χ0) is 28.2. The fraction of sp³-hybridized carbons (Fsp3) is 0.448. The van der Waals surface area contributed by atoms with Crippen molar-refractivity contribution in [1.82, 2.24) is 9.88 Å². The van der Waals surface area contributed by atoms with Crippen LogP contribution in [0, 0.1) is 29.8 Å². The highest BCUT2D eigenvalue weighted by Crippen LogP contribution is 2.43.